The van der Waals surface area contributed by atoms with Gasteiger partial charge in [0.2, 0.25) is 15.9 Å². The third kappa shape index (κ3) is 6.31. The Morgan fingerprint density at radius 3 is 2.59 bits per heavy atom. The van der Waals surface area contributed by atoms with Gasteiger partial charge >= 0.3 is 0 Å². The lowest BCUT2D eigenvalue weighted by molar-refractivity contribution is 0.102. The fourth-order valence-corrected chi connectivity index (χ4v) is 3.45. The fraction of sp³-hybridized carbons (Fsp3) is 0.333. The zero-order valence-corrected chi connectivity index (χ0v) is 16.2. The van der Waals surface area contributed by atoms with Crippen LogP contribution in [-0.4, -0.2) is 45.7 Å². The molecular formula is C18H23N3O5S. The molecule has 2 aromatic rings. The zero-order chi connectivity index (χ0) is 19.9. The lowest BCUT2D eigenvalue weighted by atomic mass is 10.2. The molecule has 0 aliphatic heterocycles. The van der Waals surface area contributed by atoms with Gasteiger partial charge in [-0.25, -0.2) is 18.1 Å². The monoisotopic (exact) mass is 393 g/mol. The van der Waals surface area contributed by atoms with Crippen molar-refractivity contribution in [1.82, 2.24) is 9.71 Å². The second kappa shape index (κ2) is 9.45. The van der Waals surface area contributed by atoms with E-state index in [4.69, 9.17) is 9.47 Å². The number of ether oxygens (including phenoxy) is 2. The molecule has 0 saturated heterocycles. The van der Waals surface area contributed by atoms with Crippen LogP contribution >= 0.6 is 0 Å². The molecule has 0 spiro atoms. The first kappa shape index (κ1) is 20.8. The van der Waals surface area contributed by atoms with Gasteiger partial charge in [-0.15, -0.1) is 0 Å². The van der Waals surface area contributed by atoms with Crippen LogP contribution in [0.3, 0.4) is 0 Å². The Hall–Kier alpha value is -2.49. The second-order valence-electron chi connectivity index (χ2n) is 5.98. The summed E-state index contributed by atoms with van der Waals surface area (Å²) in [6, 6.07) is 8.86. The summed E-state index contributed by atoms with van der Waals surface area (Å²) in [5.41, 5.74) is 0.690. The Kier molecular flexibility index (Phi) is 7.28. The van der Waals surface area contributed by atoms with Gasteiger partial charge in [0.05, 0.1) is 23.4 Å². The number of sulfonamides is 1. The minimum atomic E-state index is -3.67. The first-order valence-corrected chi connectivity index (χ1v) is 9.81. The quantitative estimate of drug-likeness (QED) is 0.632. The highest BCUT2D eigenvalue weighted by Crippen LogP contribution is 2.16. The first-order valence-electron chi connectivity index (χ1n) is 8.33. The van der Waals surface area contributed by atoms with E-state index in [1.807, 2.05) is 0 Å². The highest BCUT2D eigenvalue weighted by Gasteiger charge is 2.17. The predicted molar refractivity (Wildman–Crippen MR) is 101 cm³/mol. The smallest absolute Gasteiger partial charge is 0.255 e. The van der Waals surface area contributed by atoms with Crippen molar-refractivity contribution in [3.8, 4) is 5.88 Å². The number of hydrogen-bond acceptors (Lipinski definition) is 6. The highest BCUT2D eigenvalue weighted by molar-refractivity contribution is 7.89. The van der Waals surface area contributed by atoms with Gasteiger partial charge in [-0.2, -0.15) is 0 Å². The number of carbonyl (C=O) groups is 1. The molecule has 0 aliphatic carbocycles. The molecule has 1 aromatic carbocycles. The number of rotatable bonds is 9. The van der Waals surface area contributed by atoms with Crippen molar-refractivity contribution in [3.05, 3.63) is 48.2 Å². The van der Waals surface area contributed by atoms with Gasteiger partial charge in [-0.3, -0.25) is 4.79 Å². The van der Waals surface area contributed by atoms with Crippen LogP contribution in [0.5, 0.6) is 5.88 Å². The van der Waals surface area contributed by atoms with Crippen molar-refractivity contribution >= 4 is 21.6 Å². The van der Waals surface area contributed by atoms with Crippen LogP contribution in [0.15, 0.2) is 47.5 Å². The Labute approximate surface area is 159 Å². The number of pyridine rings is 1. The normalized spacial score (nSPS) is 11.4. The average molecular weight is 393 g/mol. The van der Waals surface area contributed by atoms with Gasteiger partial charge in [-0.05, 0) is 38.1 Å². The molecule has 2 rings (SSSR count). The largest absolute Gasteiger partial charge is 0.475 e. The van der Waals surface area contributed by atoms with Crippen molar-refractivity contribution in [2.75, 3.05) is 25.6 Å². The Morgan fingerprint density at radius 2 is 1.96 bits per heavy atom. The van der Waals surface area contributed by atoms with Crippen LogP contribution in [0.4, 0.5) is 5.69 Å². The topological polar surface area (TPSA) is 107 Å². The number of hydrogen-bond donors (Lipinski definition) is 2. The van der Waals surface area contributed by atoms with Crippen molar-refractivity contribution in [3.63, 3.8) is 0 Å². The molecule has 2 N–H and O–H groups in total. The molecule has 0 radical (unpaired) electrons. The molecule has 1 amide bonds. The summed E-state index contributed by atoms with van der Waals surface area (Å²) < 4.78 is 37.2. The van der Waals surface area contributed by atoms with Crippen molar-refractivity contribution < 1.29 is 22.7 Å². The highest BCUT2D eigenvalue weighted by atomic mass is 32.2. The molecule has 1 aromatic heterocycles. The molecule has 0 atom stereocenters. The summed E-state index contributed by atoms with van der Waals surface area (Å²) in [6.45, 7) is 4.28. The molecular weight excluding hydrogens is 370 g/mol. The number of nitrogens with one attached hydrogen (secondary N) is 2. The summed E-state index contributed by atoms with van der Waals surface area (Å²) >= 11 is 0. The molecule has 8 nitrogen and oxygen atoms in total. The molecule has 9 heteroatoms. The van der Waals surface area contributed by atoms with Crippen LogP contribution in [0.25, 0.3) is 0 Å². The second-order valence-corrected chi connectivity index (χ2v) is 7.70. The SMILES string of the molecule is COCCOc1ccc(NC(=O)c2cccc(S(=O)(=O)NC(C)C)c2)cn1. The van der Waals surface area contributed by atoms with E-state index < -0.39 is 15.9 Å². The summed E-state index contributed by atoms with van der Waals surface area (Å²) in [5.74, 6) is -0.0238. The van der Waals surface area contributed by atoms with Crippen molar-refractivity contribution in [2.24, 2.45) is 0 Å². The summed E-state index contributed by atoms with van der Waals surface area (Å²) in [4.78, 5) is 16.5. The number of carbonyl (C=O) groups excluding carboxylic acids is 1. The standard InChI is InChI=1S/C18H23N3O5S/c1-13(2)21-27(23,24)16-6-4-5-14(11-16)18(22)20-15-7-8-17(19-12-15)26-10-9-25-3/h4-8,11-13,21H,9-10H2,1-3H3,(H,20,22). The molecule has 0 saturated carbocycles. The Balaban J connectivity index is 2.07. The lowest BCUT2D eigenvalue weighted by Crippen LogP contribution is -2.30. The van der Waals surface area contributed by atoms with E-state index in [1.165, 1.54) is 24.4 Å². The predicted octanol–water partition coefficient (Wildman–Crippen LogP) is 2.05. The van der Waals surface area contributed by atoms with Gasteiger partial charge in [0.25, 0.3) is 5.91 Å². The summed E-state index contributed by atoms with van der Waals surface area (Å²) in [7, 11) is -2.10. The third-order valence-electron chi connectivity index (χ3n) is 3.33. The van der Waals surface area contributed by atoms with Gasteiger partial charge in [0, 0.05) is 24.8 Å². The number of amides is 1. The molecule has 0 bridgehead atoms. The molecule has 1 heterocycles. The van der Waals surface area contributed by atoms with Crippen LogP contribution < -0.4 is 14.8 Å². The Morgan fingerprint density at radius 1 is 1.19 bits per heavy atom. The van der Waals surface area contributed by atoms with Gasteiger partial charge in [0.15, 0.2) is 0 Å². The van der Waals surface area contributed by atoms with E-state index in [1.54, 1.807) is 39.2 Å². The first-order chi connectivity index (χ1) is 12.8. The number of methoxy groups -OCH3 is 1. The van der Waals surface area contributed by atoms with Crippen molar-refractivity contribution in [1.29, 1.82) is 0 Å². The van der Waals surface area contributed by atoms with Gasteiger partial charge < -0.3 is 14.8 Å². The van der Waals surface area contributed by atoms with Crippen LogP contribution in [0, 0.1) is 0 Å². The van der Waals surface area contributed by atoms with Crippen molar-refractivity contribution in [2.45, 2.75) is 24.8 Å². The number of benzene rings is 1. The van der Waals surface area contributed by atoms with Crippen LogP contribution in [0.2, 0.25) is 0 Å². The summed E-state index contributed by atoms with van der Waals surface area (Å²) in [5, 5.41) is 2.68. The average Bonchev–Trinajstić information content (AvgIpc) is 2.62. The van der Waals surface area contributed by atoms with E-state index in [9.17, 15) is 13.2 Å². The van der Waals surface area contributed by atoms with E-state index >= 15 is 0 Å². The molecule has 0 unspecified atom stereocenters. The number of anilines is 1. The maximum Gasteiger partial charge on any atom is 0.255 e. The fourth-order valence-electron chi connectivity index (χ4n) is 2.16. The van der Waals surface area contributed by atoms with Gasteiger partial charge in [0.1, 0.15) is 6.61 Å². The minimum Gasteiger partial charge on any atom is -0.475 e. The maximum atomic E-state index is 12.4. The molecule has 0 fully saturated rings. The lowest BCUT2D eigenvalue weighted by Gasteiger charge is -2.11. The molecule has 146 valence electrons. The van der Waals surface area contributed by atoms with E-state index in [0.29, 0.717) is 24.8 Å². The van der Waals surface area contributed by atoms with Crippen LogP contribution in [0.1, 0.15) is 24.2 Å². The number of nitrogens with zero attached hydrogens (tertiary/aromatic N) is 1. The van der Waals surface area contributed by atoms with Gasteiger partial charge in [-0.1, -0.05) is 6.07 Å². The zero-order valence-electron chi connectivity index (χ0n) is 15.4. The maximum absolute atomic E-state index is 12.4. The third-order valence-corrected chi connectivity index (χ3v) is 4.99. The minimum absolute atomic E-state index is 0.0314. The summed E-state index contributed by atoms with van der Waals surface area (Å²) in [6.07, 6.45) is 1.46. The van der Waals surface area contributed by atoms with E-state index in [0.717, 1.165) is 0 Å². The van der Waals surface area contributed by atoms with Crippen LogP contribution in [-0.2, 0) is 14.8 Å². The molecule has 0 aliphatic rings. The van der Waals surface area contributed by atoms with E-state index in [-0.39, 0.29) is 16.5 Å². The molecule has 27 heavy (non-hydrogen) atoms. The van der Waals surface area contributed by atoms with E-state index in [2.05, 4.69) is 15.0 Å². The Bertz CT molecular complexity index is 867. The number of aromatic nitrogens is 1.